The van der Waals surface area contributed by atoms with Crippen molar-refractivity contribution in [2.75, 3.05) is 13.2 Å². The van der Waals surface area contributed by atoms with Gasteiger partial charge in [-0.05, 0) is 38.3 Å². The van der Waals surface area contributed by atoms with Crippen LogP contribution in [0.5, 0.6) is 0 Å². The van der Waals surface area contributed by atoms with Gasteiger partial charge in [-0.3, -0.25) is 0 Å². The van der Waals surface area contributed by atoms with E-state index in [0.29, 0.717) is 0 Å². The van der Waals surface area contributed by atoms with Gasteiger partial charge in [0.15, 0.2) is 0 Å². The lowest BCUT2D eigenvalue weighted by atomic mass is 10.2. The molecule has 4 heteroatoms. The Balaban J connectivity index is 2.10. The third-order valence-electron chi connectivity index (χ3n) is 3.68. The summed E-state index contributed by atoms with van der Waals surface area (Å²) in [5.41, 5.74) is 3.43. The van der Waals surface area contributed by atoms with E-state index in [1.165, 1.54) is 17.5 Å². The summed E-state index contributed by atoms with van der Waals surface area (Å²) in [5, 5.41) is -0.0854. The quantitative estimate of drug-likeness (QED) is 0.515. The average Bonchev–Trinajstić information content (AvgIpc) is 2.83. The Morgan fingerprint density at radius 3 is 2.76 bits per heavy atom. The number of hydrogen-bond donors (Lipinski definition) is 0. The van der Waals surface area contributed by atoms with Crippen LogP contribution in [0.3, 0.4) is 0 Å². The van der Waals surface area contributed by atoms with Gasteiger partial charge in [-0.15, -0.1) is 11.6 Å². The van der Waals surface area contributed by atoms with E-state index in [4.69, 9.17) is 21.3 Å². The molecule has 1 heterocycles. The molecule has 0 amide bonds. The Kier molecular flexibility index (Phi) is 6.07. The van der Waals surface area contributed by atoms with Crippen molar-refractivity contribution < 1.29 is 4.74 Å². The first-order valence-electron chi connectivity index (χ1n) is 7.82. The maximum absolute atomic E-state index is 6.30. The lowest BCUT2D eigenvalue weighted by Gasteiger charge is -2.10. The number of nitrogens with zero attached hydrogens (tertiary/aromatic N) is 2. The van der Waals surface area contributed by atoms with Crippen molar-refractivity contribution in [2.24, 2.45) is 0 Å². The molecule has 0 aliphatic heterocycles. The molecule has 1 aromatic carbocycles. The highest BCUT2D eigenvalue weighted by Gasteiger charge is 2.15. The molecular formula is C17H25ClN2O. The molecule has 1 aromatic heterocycles. The summed E-state index contributed by atoms with van der Waals surface area (Å²) in [5.74, 6) is 0.953. The summed E-state index contributed by atoms with van der Waals surface area (Å²) in [6.45, 7) is 8.80. The number of rotatable bonds is 8. The summed E-state index contributed by atoms with van der Waals surface area (Å²) in [4.78, 5) is 4.73. The SMILES string of the molecule is CCCCOCCCn1c(C(C)Cl)nc2c(C)cccc21. The molecule has 0 bridgehead atoms. The highest BCUT2D eigenvalue weighted by Crippen LogP contribution is 2.26. The number of imidazole rings is 1. The van der Waals surface area contributed by atoms with Crippen LogP contribution in [0.1, 0.15) is 49.9 Å². The molecule has 0 saturated heterocycles. The van der Waals surface area contributed by atoms with Crippen LogP contribution in [0, 0.1) is 6.92 Å². The zero-order valence-corrected chi connectivity index (χ0v) is 14.0. The number of fused-ring (bicyclic) bond motifs is 1. The molecule has 1 atom stereocenters. The van der Waals surface area contributed by atoms with E-state index in [2.05, 4.69) is 36.6 Å². The minimum atomic E-state index is -0.0854. The third kappa shape index (κ3) is 3.98. The Hall–Kier alpha value is -1.06. The maximum Gasteiger partial charge on any atom is 0.127 e. The lowest BCUT2D eigenvalue weighted by molar-refractivity contribution is 0.126. The fourth-order valence-corrected chi connectivity index (χ4v) is 2.68. The van der Waals surface area contributed by atoms with Gasteiger partial charge in [0.05, 0.1) is 16.4 Å². The maximum atomic E-state index is 6.30. The predicted molar refractivity (Wildman–Crippen MR) is 89.1 cm³/mol. The van der Waals surface area contributed by atoms with Crippen LogP contribution >= 0.6 is 11.6 Å². The smallest absolute Gasteiger partial charge is 0.127 e. The first-order valence-corrected chi connectivity index (χ1v) is 8.26. The predicted octanol–water partition coefficient (Wildman–Crippen LogP) is 4.85. The Morgan fingerprint density at radius 2 is 2.05 bits per heavy atom. The third-order valence-corrected chi connectivity index (χ3v) is 3.87. The van der Waals surface area contributed by atoms with Crippen LogP contribution in [0.4, 0.5) is 0 Å². The number of aryl methyl sites for hydroxylation is 2. The van der Waals surface area contributed by atoms with Gasteiger partial charge in [0, 0.05) is 19.8 Å². The van der Waals surface area contributed by atoms with Gasteiger partial charge in [-0.2, -0.15) is 0 Å². The molecule has 0 fully saturated rings. The number of benzene rings is 1. The Labute approximate surface area is 132 Å². The fourth-order valence-electron chi connectivity index (χ4n) is 2.52. The van der Waals surface area contributed by atoms with Crippen LogP contribution in [0.25, 0.3) is 11.0 Å². The second-order valence-corrected chi connectivity index (χ2v) is 6.15. The van der Waals surface area contributed by atoms with E-state index in [9.17, 15) is 0 Å². The van der Waals surface area contributed by atoms with Crippen molar-refractivity contribution in [1.82, 2.24) is 9.55 Å². The van der Waals surface area contributed by atoms with Crippen molar-refractivity contribution >= 4 is 22.6 Å². The molecule has 3 nitrogen and oxygen atoms in total. The normalized spacial score (nSPS) is 13.0. The summed E-state index contributed by atoms with van der Waals surface area (Å²) in [6, 6.07) is 6.29. The van der Waals surface area contributed by atoms with Gasteiger partial charge in [0.2, 0.25) is 0 Å². The summed E-state index contributed by atoms with van der Waals surface area (Å²) in [7, 11) is 0. The number of unbranched alkanes of at least 4 members (excludes halogenated alkanes) is 1. The number of halogens is 1. The van der Waals surface area contributed by atoms with E-state index in [1.54, 1.807) is 0 Å². The first kappa shape index (κ1) is 16.3. The van der Waals surface area contributed by atoms with Crippen molar-refractivity contribution in [3.8, 4) is 0 Å². The van der Waals surface area contributed by atoms with Crippen molar-refractivity contribution in [2.45, 2.75) is 52.0 Å². The van der Waals surface area contributed by atoms with Gasteiger partial charge in [-0.1, -0.05) is 25.5 Å². The molecular weight excluding hydrogens is 284 g/mol. The number of para-hydroxylation sites is 1. The number of alkyl halides is 1. The number of hydrogen-bond acceptors (Lipinski definition) is 2. The molecule has 0 aliphatic carbocycles. The van der Waals surface area contributed by atoms with E-state index < -0.39 is 0 Å². The fraction of sp³-hybridized carbons (Fsp3) is 0.588. The largest absolute Gasteiger partial charge is 0.381 e. The second kappa shape index (κ2) is 7.81. The summed E-state index contributed by atoms with van der Waals surface area (Å²) < 4.78 is 7.88. The van der Waals surface area contributed by atoms with Crippen molar-refractivity contribution in [1.29, 1.82) is 0 Å². The molecule has 116 valence electrons. The van der Waals surface area contributed by atoms with Crippen LogP contribution in [0.2, 0.25) is 0 Å². The summed E-state index contributed by atoms with van der Waals surface area (Å²) in [6.07, 6.45) is 3.30. The molecule has 0 saturated carbocycles. The molecule has 21 heavy (non-hydrogen) atoms. The highest BCUT2D eigenvalue weighted by atomic mass is 35.5. The zero-order valence-electron chi connectivity index (χ0n) is 13.2. The molecule has 2 rings (SSSR count). The van der Waals surface area contributed by atoms with E-state index in [-0.39, 0.29) is 5.38 Å². The van der Waals surface area contributed by atoms with Crippen LogP contribution in [-0.2, 0) is 11.3 Å². The molecule has 0 aliphatic rings. The monoisotopic (exact) mass is 308 g/mol. The Bertz CT molecular complexity index is 577. The van der Waals surface area contributed by atoms with Crippen molar-refractivity contribution in [3.05, 3.63) is 29.6 Å². The van der Waals surface area contributed by atoms with Gasteiger partial charge in [0.25, 0.3) is 0 Å². The standard InChI is InChI=1S/C17H25ClN2O/c1-4-5-11-21-12-7-10-20-15-9-6-8-13(2)16(15)19-17(20)14(3)18/h6,8-9,14H,4-5,7,10-12H2,1-3H3. The topological polar surface area (TPSA) is 27.1 Å². The molecule has 0 radical (unpaired) electrons. The number of ether oxygens (including phenoxy) is 1. The van der Waals surface area contributed by atoms with E-state index in [1.807, 2.05) is 6.92 Å². The van der Waals surface area contributed by atoms with E-state index >= 15 is 0 Å². The summed E-state index contributed by atoms with van der Waals surface area (Å²) >= 11 is 6.30. The first-order chi connectivity index (χ1) is 10.1. The van der Waals surface area contributed by atoms with Crippen LogP contribution in [0.15, 0.2) is 18.2 Å². The van der Waals surface area contributed by atoms with Gasteiger partial charge in [-0.25, -0.2) is 4.98 Å². The number of aromatic nitrogens is 2. The van der Waals surface area contributed by atoms with E-state index in [0.717, 1.165) is 43.9 Å². The molecule has 1 unspecified atom stereocenters. The zero-order chi connectivity index (χ0) is 15.2. The van der Waals surface area contributed by atoms with Gasteiger partial charge >= 0.3 is 0 Å². The average molecular weight is 309 g/mol. The lowest BCUT2D eigenvalue weighted by Crippen LogP contribution is -2.07. The molecule has 2 aromatic rings. The van der Waals surface area contributed by atoms with Crippen LogP contribution in [-0.4, -0.2) is 22.8 Å². The Morgan fingerprint density at radius 1 is 1.29 bits per heavy atom. The minimum Gasteiger partial charge on any atom is -0.381 e. The van der Waals surface area contributed by atoms with Gasteiger partial charge < -0.3 is 9.30 Å². The van der Waals surface area contributed by atoms with Crippen molar-refractivity contribution in [3.63, 3.8) is 0 Å². The van der Waals surface area contributed by atoms with Crippen LogP contribution < -0.4 is 0 Å². The minimum absolute atomic E-state index is 0.0854. The highest BCUT2D eigenvalue weighted by molar-refractivity contribution is 6.20. The van der Waals surface area contributed by atoms with Gasteiger partial charge in [0.1, 0.15) is 5.82 Å². The second-order valence-electron chi connectivity index (χ2n) is 5.50. The molecule has 0 spiro atoms. The molecule has 0 N–H and O–H groups in total.